The summed E-state index contributed by atoms with van der Waals surface area (Å²) in [7, 11) is -0.974. The first kappa shape index (κ1) is 12.6. The highest BCUT2D eigenvalue weighted by molar-refractivity contribution is 7.88. The number of hydrogen-bond acceptors (Lipinski definition) is 1. The summed E-state index contributed by atoms with van der Waals surface area (Å²) in [5, 5.41) is 1.88. The zero-order chi connectivity index (χ0) is 12.1. The molecule has 0 radical (unpaired) electrons. The van der Waals surface area contributed by atoms with E-state index >= 15 is 0 Å². The lowest BCUT2D eigenvalue weighted by Crippen LogP contribution is -2.02. The highest BCUT2D eigenvalue weighted by Crippen LogP contribution is 2.25. The van der Waals surface area contributed by atoms with Gasteiger partial charge in [-0.1, -0.05) is 43.0 Å². The van der Waals surface area contributed by atoms with Gasteiger partial charge in [0.05, 0.1) is 10.8 Å². The third-order valence-electron chi connectivity index (χ3n) is 3.38. The van der Waals surface area contributed by atoms with Crippen LogP contribution < -0.4 is 0 Å². The molecule has 2 heteroatoms. The highest BCUT2D eigenvalue weighted by atomic mass is 32.2. The Balaban J connectivity index is 1.96. The fourth-order valence-corrected chi connectivity index (χ4v) is 3.19. The second-order valence-corrected chi connectivity index (χ2v) is 6.18. The fraction of sp³-hybridized carbons (Fsp3) is 0.467. The van der Waals surface area contributed by atoms with Gasteiger partial charge >= 0.3 is 0 Å². The fourth-order valence-electron chi connectivity index (χ4n) is 2.26. The second kappa shape index (κ2) is 6.15. The lowest BCUT2D eigenvalue weighted by atomic mass is 9.90. The standard InChI is InChI=1S/C15H20OS/c1-13-7-9-15(10-8-13)17(16)12-11-14-5-3-2-4-6-14/h7-12,14H,2-6H2,1H3/b12-11+. The van der Waals surface area contributed by atoms with Gasteiger partial charge in [0.2, 0.25) is 0 Å². The van der Waals surface area contributed by atoms with Crippen LogP contribution in [-0.2, 0) is 10.8 Å². The van der Waals surface area contributed by atoms with Gasteiger partial charge in [0.1, 0.15) is 0 Å². The van der Waals surface area contributed by atoms with Crippen molar-refractivity contribution in [1.82, 2.24) is 0 Å². The number of rotatable bonds is 3. The van der Waals surface area contributed by atoms with E-state index in [-0.39, 0.29) is 0 Å². The summed E-state index contributed by atoms with van der Waals surface area (Å²) in [5.41, 5.74) is 1.21. The van der Waals surface area contributed by atoms with Crippen LogP contribution in [0, 0.1) is 12.8 Å². The van der Waals surface area contributed by atoms with E-state index in [2.05, 4.69) is 6.08 Å². The van der Waals surface area contributed by atoms with E-state index in [1.807, 2.05) is 36.6 Å². The monoisotopic (exact) mass is 248 g/mol. The molecule has 1 unspecified atom stereocenters. The zero-order valence-electron chi connectivity index (χ0n) is 10.4. The van der Waals surface area contributed by atoms with Gasteiger partial charge in [-0.15, -0.1) is 0 Å². The SMILES string of the molecule is Cc1ccc(S(=O)/C=C/C2CCCCC2)cc1. The highest BCUT2D eigenvalue weighted by Gasteiger charge is 2.10. The van der Waals surface area contributed by atoms with E-state index in [9.17, 15) is 4.21 Å². The van der Waals surface area contributed by atoms with Crippen LogP contribution in [0.25, 0.3) is 0 Å². The topological polar surface area (TPSA) is 17.1 Å². The minimum absolute atomic E-state index is 0.651. The van der Waals surface area contributed by atoms with Gasteiger partial charge in [-0.05, 0) is 37.8 Å². The first-order valence-corrected chi connectivity index (χ1v) is 7.62. The maximum absolute atomic E-state index is 12.0. The maximum Gasteiger partial charge on any atom is 0.0772 e. The van der Waals surface area contributed by atoms with E-state index < -0.39 is 10.8 Å². The van der Waals surface area contributed by atoms with Crippen molar-refractivity contribution in [3.8, 4) is 0 Å². The molecule has 1 aliphatic rings. The third kappa shape index (κ3) is 3.81. The van der Waals surface area contributed by atoms with Gasteiger partial charge in [-0.3, -0.25) is 0 Å². The van der Waals surface area contributed by atoms with Gasteiger partial charge in [0.15, 0.2) is 0 Å². The molecule has 0 bridgehead atoms. The Morgan fingerprint density at radius 1 is 1.12 bits per heavy atom. The van der Waals surface area contributed by atoms with Crippen LogP contribution in [0.2, 0.25) is 0 Å². The molecular formula is C15H20OS. The van der Waals surface area contributed by atoms with Crippen molar-refractivity contribution in [2.75, 3.05) is 0 Å². The Bertz CT molecular complexity index is 399. The Hall–Kier alpha value is -0.890. The van der Waals surface area contributed by atoms with Gasteiger partial charge in [0, 0.05) is 10.3 Å². The van der Waals surface area contributed by atoms with Crippen molar-refractivity contribution in [2.24, 2.45) is 5.92 Å². The van der Waals surface area contributed by atoms with Gasteiger partial charge in [0.25, 0.3) is 0 Å². The summed E-state index contributed by atoms with van der Waals surface area (Å²) in [5.74, 6) is 0.651. The Morgan fingerprint density at radius 2 is 1.76 bits per heavy atom. The van der Waals surface area contributed by atoms with Crippen LogP contribution in [0.15, 0.2) is 40.6 Å². The van der Waals surface area contributed by atoms with Crippen LogP contribution in [0.4, 0.5) is 0 Å². The number of hydrogen-bond donors (Lipinski definition) is 0. The summed E-state index contributed by atoms with van der Waals surface area (Å²) in [6.45, 7) is 2.05. The van der Waals surface area contributed by atoms with Crippen molar-refractivity contribution in [2.45, 2.75) is 43.9 Å². The summed E-state index contributed by atoms with van der Waals surface area (Å²) in [4.78, 5) is 0.905. The number of aryl methyl sites for hydroxylation is 1. The van der Waals surface area contributed by atoms with Crippen molar-refractivity contribution in [1.29, 1.82) is 0 Å². The second-order valence-electron chi connectivity index (χ2n) is 4.84. The maximum atomic E-state index is 12.0. The molecule has 1 aromatic rings. The predicted octanol–water partition coefficient (Wildman–Crippen LogP) is 4.20. The summed E-state index contributed by atoms with van der Waals surface area (Å²) in [6.07, 6.45) is 8.71. The van der Waals surface area contributed by atoms with Crippen LogP contribution >= 0.6 is 0 Å². The molecular weight excluding hydrogens is 228 g/mol. The van der Waals surface area contributed by atoms with Gasteiger partial charge < -0.3 is 0 Å². The predicted molar refractivity (Wildman–Crippen MR) is 73.3 cm³/mol. The van der Waals surface area contributed by atoms with Crippen molar-refractivity contribution in [3.63, 3.8) is 0 Å². The molecule has 1 saturated carbocycles. The van der Waals surface area contributed by atoms with Crippen molar-refractivity contribution >= 4 is 10.8 Å². The van der Waals surface area contributed by atoms with Gasteiger partial charge in [-0.25, -0.2) is 4.21 Å². The summed E-state index contributed by atoms with van der Waals surface area (Å²) < 4.78 is 12.0. The van der Waals surface area contributed by atoms with E-state index in [1.165, 1.54) is 37.7 Å². The number of allylic oxidation sites excluding steroid dienone is 1. The molecule has 0 amide bonds. The third-order valence-corrected chi connectivity index (χ3v) is 4.52. The summed E-state index contributed by atoms with van der Waals surface area (Å²) >= 11 is 0. The normalized spacial score (nSPS) is 19.6. The van der Waals surface area contributed by atoms with E-state index in [1.54, 1.807) is 0 Å². The van der Waals surface area contributed by atoms with Gasteiger partial charge in [-0.2, -0.15) is 0 Å². The first-order valence-electron chi connectivity index (χ1n) is 6.41. The molecule has 0 aromatic heterocycles. The Kier molecular flexibility index (Phi) is 4.55. The minimum Gasteiger partial charge on any atom is -0.250 e. The molecule has 2 rings (SSSR count). The molecule has 0 spiro atoms. The quantitative estimate of drug-likeness (QED) is 0.783. The van der Waals surface area contributed by atoms with E-state index in [0.29, 0.717) is 5.92 Å². The van der Waals surface area contributed by atoms with E-state index in [0.717, 1.165) is 4.90 Å². The van der Waals surface area contributed by atoms with E-state index in [4.69, 9.17) is 0 Å². The lowest BCUT2D eigenvalue weighted by molar-refractivity contribution is 0.419. The zero-order valence-corrected chi connectivity index (χ0v) is 11.2. The van der Waals surface area contributed by atoms with Crippen molar-refractivity contribution < 1.29 is 4.21 Å². The molecule has 92 valence electrons. The Labute approximate surface area is 106 Å². The smallest absolute Gasteiger partial charge is 0.0772 e. The molecule has 1 atom stereocenters. The first-order chi connectivity index (χ1) is 8.25. The van der Waals surface area contributed by atoms with Crippen LogP contribution in [0.5, 0.6) is 0 Å². The number of benzene rings is 1. The van der Waals surface area contributed by atoms with Crippen LogP contribution in [0.3, 0.4) is 0 Å². The van der Waals surface area contributed by atoms with Crippen LogP contribution in [-0.4, -0.2) is 4.21 Å². The molecule has 1 fully saturated rings. The average molecular weight is 248 g/mol. The molecule has 0 saturated heterocycles. The molecule has 0 aliphatic heterocycles. The summed E-state index contributed by atoms with van der Waals surface area (Å²) in [6, 6.07) is 7.94. The molecule has 1 aromatic carbocycles. The Morgan fingerprint density at radius 3 is 2.41 bits per heavy atom. The molecule has 1 aliphatic carbocycles. The lowest BCUT2D eigenvalue weighted by Gasteiger charge is -2.17. The van der Waals surface area contributed by atoms with Crippen LogP contribution in [0.1, 0.15) is 37.7 Å². The molecule has 0 heterocycles. The molecule has 0 N–H and O–H groups in total. The minimum atomic E-state index is -0.974. The van der Waals surface area contributed by atoms with Crippen molar-refractivity contribution in [3.05, 3.63) is 41.3 Å². The largest absolute Gasteiger partial charge is 0.250 e. The molecule has 17 heavy (non-hydrogen) atoms. The average Bonchev–Trinajstić information content (AvgIpc) is 2.38. The molecule has 1 nitrogen and oxygen atoms in total.